The van der Waals surface area contributed by atoms with E-state index in [1.807, 2.05) is 0 Å². The summed E-state index contributed by atoms with van der Waals surface area (Å²) in [6.45, 7) is 3.43. The topological polar surface area (TPSA) is 72.3 Å². The first-order valence-corrected chi connectivity index (χ1v) is 7.15. The van der Waals surface area contributed by atoms with E-state index in [0.717, 1.165) is 12.8 Å². The van der Waals surface area contributed by atoms with Gasteiger partial charge in [0.25, 0.3) is 0 Å². The number of aryl methyl sites for hydroxylation is 2. The summed E-state index contributed by atoms with van der Waals surface area (Å²) in [6.07, 6.45) is 5.84. The number of carboxylic acid groups (broad SMARTS) is 1. The summed E-state index contributed by atoms with van der Waals surface area (Å²) in [5, 5.41) is 9.17. The highest BCUT2D eigenvalue weighted by Crippen LogP contribution is 2.35. The molecular weight excluding hydrogens is 256 g/mol. The Bertz CT molecular complexity index is 473. The maximum atomic E-state index is 11.2. The van der Waals surface area contributed by atoms with E-state index in [1.165, 1.54) is 19.3 Å². The number of rotatable bonds is 4. The molecule has 1 aromatic heterocycles. The number of nitrogens with zero attached hydrogens (tertiary/aromatic N) is 2. The molecule has 1 N–H and O–H groups in total. The number of hydrogen-bond acceptors (Lipinski definition) is 4. The van der Waals surface area contributed by atoms with Crippen molar-refractivity contribution in [3.8, 4) is 0 Å². The molecule has 0 bridgehead atoms. The molecule has 0 spiro atoms. The van der Waals surface area contributed by atoms with Crippen LogP contribution in [0.4, 0.5) is 0 Å². The third-order valence-corrected chi connectivity index (χ3v) is 4.09. The molecule has 1 aromatic rings. The lowest BCUT2D eigenvalue weighted by Gasteiger charge is -2.28. The van der Waals surface area contributed by atoms with E-state index in [0.29, 0.717) is 23.1 Å². The Morgan fingerprint density at radius 2 is 1.75 bits per heavy atom. The molecule has 5 nitrogen and oxygen atoms in total. The fourth-order valence-electron chi connectivity index (χ4n) is 3.12. The van der Waals surface area contributed by atoms with Crippen molar-refractivity contribution in [3.05, 3.63) is 22.8 Å². The Kier molecular flexibility index (Phi) is 4.70. The molecule has 1 saturated carbocycles. The molecule has 0 radical (unpaired) electrons. The lowest BCUT2D eigenvalue weighted by molar-refractivity contribution is 0.0285. The highest BCUT2D eigenvalue weighted by atomic mass is 16.5. The minimum Gasteiger partial charge on any atom is -0.478 e. The summed E-state index contributed by atoms with van der Waals surface area (Å²) in [6, 6.07) is 0. The van der Waals surface area contributed by atoms with E-state index < -0.39 is 5.97 Å². The van der Waals surface area contributed by atoms with Crippen molar-refractivity contribution in [2.24, 2.45) is 5.92 Å². The first-order chi connectivity index (χ1) is 9.54. The summed E-state index contributed by atoms with van der Waals surface area (Å²) in [5.74, 6) is 0.0841. The molecule has 0 aromatic carbocycles. The summed E-state index contributed by atoms with van der Waals surface area (Å²) < 4.78 is 5.61. The molecule has 1 aliphatic carbocycles. The van der Waals surface area contributed by atoms with Gasteiger partial charge in [-0.3, -0.25) is 0 Å². The minimum absolute atomic E-state index is 0.129. The molecule has 1 unspecified atom stereocenters. The monoisotopic (exact) mass is 278 g/mol. The average Bonchev–Trinajstić information content (AvgIpc) is 2.39. The van der Waals surface area contributed by atoms with Gasteiger partial charge >= 0.3 is 5.97 Å². The molecule has 0 saturated heterocycles. The van der Waals surface area contributed by atoms with Crippen LogP contribution in [0.1, 0.15) is 65.8 Å². The van der Waals surface area contributed by atoms with E-state index >= 15 is 0 Å². The van der Waals surface area contributed by atoms with Gasteiger partial charge in [0, 0.05) is 7.11 Å². The van der Waals surface area contributed by atoms with Crippen LogP contribution in [0, 0.1) is 19.8 Å². The first kappa shape index (κ1) is 14.9. The maximum Gasteiger partial charge on any atom is 0.339 e. The number of methoxy groups -OCH3 is 1. The summed E-state index contributed by atoms with van der Waals surface area (Å²) in [5.41, 5.74) is 1.22. The van der Waals surface area contributed by atoms with Crippen molar-refractivity contribution in [3.63, 3.8) is 0 Å². The Morgan fingerprint density at radius 3 is 2.20 bits per heavy atom. The van der Waals surface area contributed by atoms with Crippen LogP contribution >= 0.6 is 0 Å². The van der Waals surface area contributed by atoms with Gasteiger partial charge < -0.3 is 9.84 Å². The van der Waals surface area contributed by atoms with Crippen LogP contribution < -0.4 is 0 Å². The highest BCUT2D eigenvalue weighted by molar-refractivity contribution is 5.89. The van der Waals surface area contributed by atoms with Crippen LogP contribution in [0.3, 0.4) is 0 Å². The zero-order valence-electron chi connectivity index (χ0n) is 12.3. The number of carbonyl (C=O) groups is 1. The molecule has 20 heavy (non-hydrogen) atoms. The predicted molar refractivity (Wildman–Crippen MR) is 74.8 cm³/mol. The second-order valence-electron chi connectivity index (χ2n) is 5.49. The number of ether oxygens (including phenoxy) is 1. The van der Waals surface area contributed by atoms with Gasteiger partial charge in [-0.25, -0.2) is 14.8 Å². The fraction of sp³-hybridized carbons (Fsp3) is 0.667. The molecular formula is C15H22N2O3. The van der Waals surface area contributed by atoms with Gasteiger partial charge in [0.2, 0.25) is 0 Å². The Balaban J connectivity index is 2.32. The van der Waals surface area contributed by atoms with Gasteiger partial charge in [0.15, 0.2) is 5.82 Å². The largest absolute Gasteiger partial charge is 0.478 e. The number of carboxylic acids is 1. The van der Waals surface area contributed by atoms with Crippen molar-refractivity contribution in [1.29, 1.82) is 0 Å². The molecule has 1 atom stereocenters. The number of aromatic carboxylic acids is 1. The van der Waals surface area contributed by atoms with Crippen LogP contribution in [0.2, 0.25) is 0 Å². The number of hydrogen-bond donors (Lipinski definition) is 1. The summed E-state index contributed by atoms with van der Waals surface area (Å²) in [4.78, 5) is 20.0. The third kappa shape index (κ3) is 2.98. The van der Waals surface area contributed by atoms with Crippen molar-refractivity contribution < 1.29 is 14.6 Å². The molecule has 0 aliphatic heterocycles. The Hall–Kier alpha value is -1.49. The lowest BCUT2D eigenvalue weighted by Crippen LogP contribution is -2.22. The van der Waals surface area contributed by atoms with Crippen molar-refractivity contribution >= 4 is 5.97 Å². The second-order valence-corrected chi connectivity index (χ2v) is 5.49. The van der Waals surface area contributed by atoms with Gasteiger partial charge in [-0.2, -0.15) is 0 Å². The number of aromatic nitrogens is 2. The quantitative estimate of drug-likeness (QED) is 0.916. The molecule has 1 heterocycles. The van der Waals surface area contributed by atoms with E-state index in [1.54, 1.807) is 21.0 Å². The molecule has 2 rings (SSSR count). The minimum atomic E-state index is -0.974. The molecule has 5 heteroatoms. The van der Waals surface area contributed by atoms with Crippen LogP contribution in [0.5, 0.6) is 0 Å². The van der Waals surface area contributed by atoms with Crippen LogP contribution in [-0.4, -0.2) is 28.2 Å². The van der Waals surface area contributed by atoms with Gasteiger partial charge in [0.05, 0.1) is 11.4 Å². The van der Waals surface area contributed by atoms with Gasteiger partial charge in [-0.05, 0) is 32.6 Å². The van der Waals surface area contributed by atoms with Crippen LogP contribution in [-0.2, 0) is 4.74 Å². The van der Waals surface area contributed by atoms with Crippen LogP contribution in [0.25, 0.3) is 0 Å². The average molecular weight is 278 g/mol. The van der Waals surface area contributed by atoms with Crippen molar-refractivity contribution in [2.75, 3.05) is 7.11 Å². The van der Waals surface area contributed by atoms with Crippen LogP contribution in [0.15, 0.2) is 0 Å². The van der Waals surface area contributed by atoms with E-state index in [9.17, 15) is 9.90 Å². The predicted octanol–water partition coefficient (Wildman–Crippen LogP) is 3.06. The summed E-state index contributed by atoms with van der Waals surface area (Å²) in [7, 11) is 1.68. The zero-order valence-corrected chi connectivity index (χ0v) is 12.3. The SMILES string of the molecule is COC(c1nc(C)c(C(=O)O)c(C)n1)C1CCCCC1. The van der Waals surface area contributed by atoms with E-state index in [-0.39, 0.29) is 11.7 Å². The zero-order chi connectivity index (χ0) is 14.7. The maximum absolute atomic E-state index is 11.2. The Morgan fingerprint density at radius 1 is 1.20 bits per heavy atom. The third-order valence-electron chi connectivity index (χ3n) is 4.09. The molecule has 110 valence electrons. The molecule has 1 fully saturated rings. The van der Waals surface area contributed by atoms with E-state index in [4.69, 9.17) is 4.74 Å². The van der Waals surface area contributed by atoms with Crippen molar-refractivity contribution in [1.82, 2.24) is 9.97 Å². The Labute approximate surface area is 119 Å². The standard InChI is InChI=1S/C15H22N2O3/c1-9-12(15(18)19)10(2)17-14(16-9)13(20-3)11-7-5-4-6-8-11/h11,13H,4-8H2,1-3H3,(H,18,19). The molecule has 0 amide bonds. The van der Waals surface area contributed by atoms with Gasteiger partial charge in [0.1, 0.15) is 11.7 Å². The van der Waals surface area contributed by atoms with Gasteiger partial charge in [-0.15, -0.1) is 0 Å². The van der Waals surface area contributed by atoms with E-state index in [2.05, 4.69) is 9.97 Å². The molecule has 1 aliphatic rings. The first-order valence-electron chi connectivity index (χ1n) is 7.15. The highest BCUT2D eigenvalue weighted by Gasteiger charge is 2.28. The smallest absolute Gasteiger partial charge is 0.339 e. The lowest BCUT2D eigenvalue weighted by atomic mass is 9.85. The summed E-state index contributed by atoms with van der Waals surface area (Å²) >= 11 is 0. The normalized spacial score (nSPS) is 17.9. The fourth-order valence-corrected chi connectivity index (χ4v) is 3.12. The van der Waals surface area contributed by atoms with Gasteiger partial charge in [-0.1, -0.05) is 19.3 Å². The second kappa shape index (κ2) is 6.31. The van der Waals surface area contributed by atoms with Crippen molar-refractivity contribution in [2.45, 2.75) is 52.1 Å².